The van der Waals surface area contributed by atoms with Gasteiger partial charge in [0.15, 0.2) is 5.82 Å². The Hall–Kier alpha value is -2.65. The Bertz CT molecular complexity index is 949. The first kappa shape index (κ1) is 21.6. The predicted octanol–water partition coefficient (Wildman–Crippen LogP) is 2.74. The van der Waals surface area contributed by atoms with Crippen LogP contribution in [0.2, 0.25) is 5.02 Å². The van der Waals surface area contributed by atoms with Crippen molar-refractivity contribution in [3.63, 3.8) is 0 Å². The lowest BCUT2D eigenvalue weighted by Crippen LogP contribution is -2.31. The van der Waals surface area contributed by atoms with Crippen LogP contribution in [0.15, 0.2) is 64.4 Å². The van der Waals surface area contributed by atoms with Crippen LogP contribution in [-0.2, 0) is 16.3 Å². The van der Waals surface area contributed by atoms with Gasteiger partial charge in [-0.2, -0.15) is 0 Å². The molecule has 2 rings (SSSR count). The van der Waals surface area contributed by atoms with Crippen LogP contribution in [0.3, 0.4) is 0 Å². The normalized spacial score (nSPS) is 12.2. The number of nitrogens with zero attached hydrogens (tertiary/aromatic N) is 2. The third kappa shape index (κ3) is 5.43. The Morgan fingerprint density at radius 3 is 2.50 bits per heavy atom. The average Bonchev–Trinajstić information content (AvgIpc) is 2.68. The van der Waals surface area contributed by atoms with Crippen LogP contribution in [-0.4, -0.2) is 31.9 Å². The fourth-order valence-electron chi connectivity index (χ4n) is 2.54. The highest BCUT2D eigenvalue weighted by Gasteiger charge is 2.35. The van der Waals surface area contributed by atoms with Crippen LogP contribution in [0.4, 0.5) is 0 Å². The first-order valence-electron chi connectivity index (χ1n) is 8.57. The second kappa shape index (κ2) is 10.0. The Balaban J connectivity index is 2.08. The molecule has 0 aliphatic rings. The van der Waals surface area contributed by atoms with Crippen LogP contribution in [0.25, 0.3) is 0 Å². The largest absolute Gasteiger partial charge is 0.403 e. The number of sulfone groups is 1. The number of nitro groups is 1. The molecule has 1 heterocycles. The lowest BCUT2D eigenvalue weighted by atomic mass is 10.2. The van der Waals surface area contributed by atoms with E-state index in [9.17, 15) is 18.5 Å². The van der Waals surface area contributed by atoms with Gasteiger partial charge in [0.2, 0.25) is 0 Å². The third-order valence-corrected chi connectivity index (χ3v) is 6.01. The van der Waals surface area contributed by atoms with Gasteiger partial charge in [0, 0.05) is 19.8 Å². The summed E-state index contributed by atoms with van der Waals surface area (Å²) in [5.41, 5.74) is 0.784. The van der Waals surface area contributed by atoms with Crippen molar-refractivity contribution in [1.82, 2.24) is 15.6 Å². The van der Waals surface area contributed by atoms with E-state index in [1.807, 2.05) is 0 Å². The quantitative estimate of drug-likeness (QED) is 0.342. The monoisotopic (exact) mass is 424 g/mol. The summed E-state index contributed by atoms with van der Waals surface area (Å²) in [6, 6.07) is 10.8. The van der Waals surface area contributed by atoms with Crippen molar-refractivity contribution >= 4 is 21.4 Å². The average molecular weight is 425 g/mol. The molecule has 0 unspecified atom stereocenters. The molecule has 0 aliphatic heterocycles. The molecule has 1 aromatic heterocycles. The number of aromatic nitrogens is 1. The minimum atomic E-state index is -4.27. The number of halogens is 1. The number of benzene rings is 1. The number of hydrogen-bond acceptors (Lipinski definition) is 7. The van der Waals surface area contributed by atoms with E-state index in [0.717, 1.165) is 12.1 Å². The molecule has 150 valence electrons. The van der Waals surface area contributed by atoms with Gasteiger partial charge in [-0.15, -0.1) is 0 Å². The van der Waals surface area contributed by atoms with Gasteiger partial charge < -0.3 is 10.6 Å². The number of hydrogen-bond donors (Lipinski definition) is 2. The van der Waals surface area contributed by atoms with Gasteiger partial charge in [0.1, 0.15) is 0 Å². The summed E-state index contributed by atoms with van der Waals surface area (Å²) in [5, 5.41) is 16.6. The van der Waals surface area contributed by atoms with Crippen LogP contribution >= 0.6 is 11.6 Å². The van der Waals surface area contributed by atoms with Gasteiger partial charge in [0.25, 0.3) is 9.84 Å². The van der Waals surface area contributed by atoms with Gasteiger partial charge in [-0.05, 0) is 43.5 Å². The maximum Gasteiger partial charge on any atom is 0.403 e. The summed E-state index contributed by atoms with van der Waals surface area (Å²) < 4.78 is 25.4. The van der Waals surface area contributed by atoms with Crippen LogP contribution in [0, 0.1) is 10.1 Å². The second-order valence-corrected chi connectivity index (χ2v) is 8.09. The summed E-state index contributed by atoms with van der Waals surface area (Å²) >= 11 is 6.06. The minimum Gasteiger partial charge on any atom is -0.369 e. The molecule has 1 aromatic carbocycles. The molecule has 0 amide bonds. The standard InChI is InChI=1S/C18H21ClN4O4S/c1-20-17(22-12-6-5-11-16-15(19)10-7-13-21-16)18(23(24)25)28(26,27)14-8-3-2-4-9-14/h2-4,7-10,13,20,22H,5-6,11-12H2,1H3/b18-17-. The number of aryl methyl sites for hydroxylation is 1. The number of rotatable bonds is 10. The Morgan fingerprint density at radius 1 is 1.18 bits per heavy atom. The van der Waals surface area contributed by atoms with Crippen LogP contribution in [0.5, 0.6) is 0 Å². The van der Waals surface area contributed by atoms with Crippen molar-refractivity contribution in [2.45, 2.75) is 24.2 Å². The SMILES string of the molecule is CN/C(NCCCCc1ncccc1Cl)=C(\[N+](=O)[O-])S(=O)(=O)c1ccccc1. The zero-order chi connectivity index (χ0) is 20.6. The molecule has 2 aromatic rings. The van der Waals surface area contributed by atoms with Crippen molar-refractivity contribution in [3.05, 3.63) is 80.3 Å². The molecule has 0 aliphatic carbocycles. The van der Waals surface area contributed by atoms with Gasteiger partial charge in [-0.3, -0.25) is 15.1 Å². The first-order chi connectivity index (χ1) is 13.4. The summed E-state index contributed by atoms with van der Waals surface area (Å²) in [5.74, 6) is -0.148. The van der Waals surface area contributed by atoms with Crippen molar-refractivity contribution in [2.75, 3.05) is 13.6 Å². The Morgan fingerprint density at radius 2 is 1.89 bits per heavy atom. The van der Waals surface area contributed by atoms with E-state index in [2.05, 4.69) is 15.6 Å². The zero-order valence-electron chi connectivity index (χ0n) is 15.3. The third-order valence-electron chi connectivity index (χ3n) is 3.91. The van der Waals surface area contributed by atoms with Gasteiger partial charge in [0.05, 0.1) is 20.5 Å². The molecular weight excluding hydrogens is 404 g/mol. The molecular formula is C18H21ClN4O4S. The molecule has 0 fully saturated rings. The summed E-state index contributed by atoms with van der Waals surface area (Å²) in [4.78, 5) is 14.7. The molecule has 0 saturated carbocycles. The van der Waals surface area contributed by atoms with Gasteiger partial charge in [-0.25, -0.2) is 8.42 Å². The zero-order valence-corrected chi connectivity index (χ0v) is 16.8. The summed E-state index contributed by atoms with van der Waals surface area (Å²) in [6.45, 7) is 0.349. The highest BCUT2D eigenvalue weighted by Crippen LogP contribution is 2.21. The lowest BCUT2D eigenvalue weighted by Gasteiger charge is -2.12. The van der Waals surface area contributed by atoms with Crippen LogP contribution in [0.1, 0.15) is 18.5 Å². The van der Waals surface area contributed by atoms with Crippen LogP contribution < -0.4 is 10.6 Å². The van der Waals surface area contributed by atoms with Crippen molar-refractivity contribution in [3.8, 4) is 0 Å². The summed E-state index contributed by atoms with van der Waals surface area (Å²) in [6.07, 6.45) is 3.71. The van der Waals surface area contributed by atoms with E-state index in [0.29, 0.717) is 24.4 Å². The molecule has 0 bridgehead atoms. The fourth-order valence-corrected chi connectivity index (χ4v) is 4.13. The van der Waals surface area contributed by atoms with Crippen molar-refractivity contribution in [1.29, 1.82) is 0 Å². The van der Waals surface area contributed by atoms with E-state index in [1.165, 1.54) is 31.3 Å². The molecule has 0 radical (unpaired) electrons. The highest BCUT2D eigenvalue weighted by molar-refractivity contribution is 7.95. The maximum atomic E-state index is 12.7. The fraction of sp³-hybridized carbons (Fsp3) is 0.278. The van der Waals surface area contributed by atoms with Gasteiger partial charge in [-0.1, -0.05) is 29.8 Å². The number of unbranched alkanes of at least 4 members (excludes halogenated alkanes) is 1. The summed E-state index contributed by atoms with van der Waals surface area (Å²) in [7, 11) is -2.84. The lowest BCUT2D eigenvalue weighted by molar-refractivity contribution is -0.413. The van der Waals surface area contributed by atoms with E-state index in [4.69, 9.17) is 11.6 Å². The molecule has 28 heavy (non-hydrogen) atoms. The molecule has 2 N–H and O–H groups in total. The molecule has 8 nitrogen and oxygen atoms in total. The topological polar surface area (TPSA) is 114 Å². The first-order valence-corrected chi connectivity index (χ1v) is 10.4. The molecule has 0 atom stereocenters. The number of nitrogens with one attached hydrogen (secondary N) is 2. The molecule has 0 saturated heterocycles. The minimum absolute atomic E-state index is 0.138. The van der Waals surface area contributed by atoms with Crippen molar-refractivity contribution in [2.24, 2.45) is 0 Å². The highest BCUT2D eigenvalue weighted by atomic mass is 35.5. The van der Waals surface area contributed by atoms with E-state index in [-0.39, 0.29) is 10.7 Å². The van der Waals surface area contributed by atoms with E-state index < -0.39 is 19.8 Å². The predicted molar refractivity (Wildman–Crippen MR) is 107 cm³/mol. The molecule has 0 spiro atoms. The Labute approximate surface area is 168 Å². The van der Waals surface area contributed by atoms with Gasteiger partial charge >= 0.3 is 5.03 Å². The Kier molecular flexibility index (Phi) is 7.77. The number of pyridine rings is 1. The maximum absolute atomic E-state index is 12.7. The smallest absolute Gasteiger partial charge is 0.369 e. The van der Waals surface area contributed by atoms with E-state index in [1.54, 1.807) is 24.4 Å². The van der Waals surface area contributed by atoms with E-state index >= 15 is 0 Å². The molecule has 10 heteroatoms. The second-order valence-electron chi connectivity index (χ2n) is 5.82. The van der Waals surface area contributed by atoms with Crippen molar-refractivity contribution < 1.29 is 13.3 Å².